The van der Waals surface area contributed by atoms with Crippen molar-refractivity contribution >= 4 is 17.7 Å². The fourth-order valence-corrected chi connectivity index (χ4v) is 4.76. The molecule has 2 N–H and O–H groups in total. The predicted octanol–water partition coefficient (Wildman–Crippen LogP) is 2.41. The van der Waals surface area contributed by atoms with Crippen LogP contribution >= 0.6 is 0 Å². The first-order chi connectivity index (χ1) is 15.3. The molecule has 1 aromatic heterocycles. The molecule has 3 rings (SSSR count). The lowest BCUT2D eigenvalue weighted by Gasteiger charge is -2.33. The van der Waals surface area contributed by atoms with E-state index in [0.717, 1.165) is 32.1 Å². The largest absolute Gasteiger partial charge is 0.342 e. The second kappa shape index (κ2) is 10.9. The first-order valence-electron chi connectivity index (χ1n) is 11.9. The molecule has 2 aliphatic rings. The monoisotopic (exact) mass is 443 g/mol. The van der Waals surface area contributed by atoms with E-state index in [4.69, 9.17) is 0 Å². The minimum absolute atomic E-state index is 0.0350. The molecule has 1 saturated carbocycles. The zero-order valence-electron chi connectivity index (χ0n) is 19.7. The second-order valence-electron chi connectivity index (χ2n) is 9.87. The quantitative estimate of drug-likeness (QED) is 0.673. The van der Waals surface area contributed by atoms with Crippen LogP contribution in [-0.2, 0) is 9.59 Å². The van der Waals surface area contributed by atoms with Gasteiger partial charge in [0, 0.05) is 25.5 Å². The molecule has 0 bridgehead atoms. The maximum atomic E-state index is 13.4. The number of amides is 3. The molecule has 0 radical (unpaired) electrons. The van der Waals surface area contributed by atoms with Gasteiger partial charge in [-0.3, -0.25) is 19.4 Å². The van der Waals surface area contributed by atoms with Crippen LogP contribution in [0.15, 0.2) is 18.6 Å². The van der Waals surface area contributed by atoms with E-state index in [0.29, 0.717) is 24.9 Å². The molecular formula is C24H37N5O3. The van der Waals surface area contributed by atoms with E-state index in [1.807, 2.05) is 18.7 Å². The first kappa shape index (κ1) is 24.1. The number of aromatic nitrogens is 2. The van der Waals surface area contributed by atoms with Crippen LogP contribution < -0.4 is 10.6 Å². The summed E-state index contributed by atoms with van der Waals surface area (Å²) >= 11 is 0. The Bertz CT molecular complexity index is 784. The smallest absolute Gasteiger partial charge is 0.272 e. The van der Waals surface area contributed by atoms with Gasteiger partial charge in [-0.2, -0.15) is 0 Å². The van der Waals surface area contributed by atoms with Crippen molar-refractivity contribution in [2.24, 2.45) is 23.7 Å². The number of likely N-dealkylation sites (tertiary alicyclic amines) is 1. The molecule has 2 fully saturated rings. The van der Waals surface area contributed by atoms with Gasteiger partial charge in [0.05, 0.1) is 6.20 Å². The number of rotatable bonds is 7. The summed E-state index contributed by atoms with van der Waals surface area (Å²) in [5.74, 6) is 0.138. The fraction of sp³-hybridized carbons (Fsp3) is 0.708. The second-order valence-corrected chi connectivity index (χ2v) is 9.87. The van der Waals surface area contributed by atoms with Crippen molar-refractivity contribution in [3.63, 3.8) is 0 Å². The third-order valence-corrected chi connectivity index (χ3v) is 7.02. The SMILES string of the molecule is CC(C)[C@H](NC(=O)[C@@H](NC(=O)c1cnccn1)C1CCCCC1)C(=O)N1C[C@@H](C)[C@@H](C)C1. The third kappa shape index (κ3) is 5.84. The highest BCUT2D eigenvalue weighted by Gasteiger charge is 2.38. The maximum absolute atomic E-state index is 13.4. The average molecular weight is 444 g/mol. The van der Waals surface area contributed by atoms with E-state index >= 15 is 0 Å². The minimum Gasteiger partial charge on any atom is -0.342 e. The summed E-state index contributed by atoms with van der Waals surface area (Å²) in [7, 11) is 0. The van der Waals surface area contributed by atoms with Crippen LogP contribution in [0.5, 0.6) is 0 Å². The standard InChI is InChI=1S/C24H37N5O3/c1-15(2)20(24(32)29-13-16(3)17(4)14-29)27-23(31)21(18-8-6-5-7-9-18)28-22(30)19-12-25-10-11-26-19/h10-12,15-18,20-21H,5-9,13-14H2,1-4H3,(H,27,31)(H,28,30)/t16-,17+,20-,21-/m0/s1. The zero-order chi connectivity index (χ0) is 23.3. The summed E-state index contributed by atoms with van der Waals surface area (Å²) in [6.45, 7) is 9.63. The molecule has 8 heteroatoms. The Morgan fingerprint density at radius 1 is 1.00 bits per heavy atom. The normalized spacial score (nSPS) is 23.6. The van der Waals surface area contributed by atoms with Crippen molar-refractivity contribution in [2.75, 3.05) is 13.1 Å². The van der Waals surface area contributed by atoms with Crippen LogP contribution in [0.4, 0.5) is 0 Å². The molecule has 3 amide bonds. The number of carbonyl (C=O) groups excluding carboxylic acids is 3. The minimum atomic E-state index is -0.699. The Kier molecular flexibility index (Phi) is 8.21. The van der Waals surface area contributed by atoms with E-state index < -0.39 is 18.0 Å². The van der Waals surface area contributed by atoms with Crippen LogP contribution in [-0.4, -0.2) is 57.8 Å². The number of hydrogen-bond acceptors (Lipinski definition) is 5. The van der Waals surface area contributed by atoms with E-state index in [1.165, 1.54) is 18.6 Å². The molecule has 1 aromatic rings. The van der Waals surface area contributed by atoms with Gasteiger partial charge in [0.2, 0.25) is 11.8 Å². The molecule has 0 spiro atoms. The lowest BCUT2D eigenvalue weighted by atomic mass is 9.83. The molecule has 2 heterocycles. The summed E-state index contributed by atoms with van der Waals surface area (Å²) in [4.78, 5) is 49.3. The van der Waals surface area contributed by atoms with Crippen molar-refractivity contribution in [1.29, 1.82) is 0 Å². The summed E-state index contributed by atoms with van der Waals surface area (Å²) in [5, 5.41) is 5.89. The van der Waals surface area contributed by atoms with Gasteiger partial charge in [-0.1, -0.05) is 47.0 Å². The molecule has 32 heavy (non-hydrogen) atoms. The maximum Gasteiger partial charge on any atom is 0.272 e. The van der Waals surface area contributed by atoms with Gasteiger partial charge in [0.15, 0.2) is 0 Å². The number of nitrogens with zero attached hydrogens (tertiary/aromatic N) is 3. The number of carbonyl (C=O) groups is 3. The van der Waals surface area contributed by atoms with E-state index in [1.54, 1.807) is 0 Å². The molecule has 1 aliphatic heterocycles. The van der Waals surface area contributed by atoms with Crippen molar-refractivity contribution in [3.8, 4) is 0 Å². The zero-order valence-corrected chi connectivity index (χ0v) is 19.7. The molecule has 4 atom stereocenters. The van der Waals surface area contributed by atoms with Gasteiger partial charge in [0.25, 0.3) is 5.91 Å². The van der Waals surface area contributed by atoms with Crippen LogP contribution in [0.2, 0.25) is 0 Å². The third-order valence-electron chi connectivity index (χ3n) is 7.02. The first-order valence-corrected chi connectivity index (χ1v) is 11.9. The highest BCUT2D eigenvalue weighted by Crippen LogP contribution is 2.28. The van der Waals surface area contributed by atoms with Crippen molar-refractivity contribution in [3.05, 3.63) is 24.3 Å². The Morgan fingerprint density at radius 3 is 2.22 bits per heavy atom. The Morgan fingerprint density at radius 2 is 1.66 bits per heavy atom. The van der Waals surface area contributed by atoms with Crippen molar-refractivity contribution in [1.82, 2.24) is 25.5 Å². The molecule has 1 saturated heterocycles. The molecule has 8 nitrogen and oxygen atoms in total. The highest BCUT2D eigenvalue weighted by molar-refractivity contribution is 5.97. The van der Waals surface area contributed by atoms with Crippen LogP contribution in [0.25, 0.3) is 0 Å². The van der Waals surface area contributed by atoms with Crippen LogP contribution in [0, 0.1) is 23.7 Å². The van der Waals surface area contributed by atoms with Crippen molar-refractivity contribution in [2.45, 2.75) is 71.9 Å². The number of hydrogen-bond donors (Lipinski definition) is 2. The molecule has 176 valence electrons. The Labute approximate surface area is 191 Å². The van der Waals surface area contributed by atoms with Crippen LogP contribution in [0.1, 0.15) is 70.3 Å². The topological polar surface area (TPSA) is 104 Å². The van der Waals surface area contributed by atoms with Gasteiger partial charge >= 0.3 is 0 Å². The highest BCUT2D eigenvalue weighted by atomic mass is 16.2. The van der Waals surface area contributed by atoms with E-state index in [9.17, 15) is 14.4 Å². The van der Waals surface area contributed by atoms with Crippen molar-refractivity contribution < 1.29 is 14.4 Å². The summed E-state index contributed by atoms with van der Waals surface area (Å²) < 4.78 is 0. The lowest BCUT2D eigenvalue weighted by Crippen LogP contribution is -2.58. The predicted molar refractivity (Wildman–Crippen MR) is 122 cm³/mol. The molecule has 0 aromatic carbocycles. The van der Waals surface area contributed by atoms with Gasteiger partial charge in [-0.25, -0.2) is 4.98 Å². The molecule has 1 aliphatic carbocycles. The molecule has 0 unspecified atom stereocenters. The van der Waals surface area contributed by atoms with Gasteiger partial charge in [-0.15, -0.1) is 0 Å². The Balaban J connectivity index is 1.74. The lowest BCUT2D eigenvalue weighted by molar-refractivity contribution is -0.137. The van der Waals surface area contributed by atoms with Gasteiger partial charge in [0.1, 0.15) is 17.8 Å². The Hall–Kier alpha value is -2.51. The summed E-state index contributed by atoms with van der Waals surface area (Å²) in [5.41, 5.74) is 0.178. The molecular weight excluding hydrogens is 406 g/mol. The van der Waals surface area contributed by atoms with Crippen LogP contribution in [0.3, 0.4) is 0 Å². The van der Waals surface area contributed by atoms with E-state index in [-0.39, 0.29) is 29.3 Å². The average Bonchev–Trinajstić information content (AvgIpc) is 3.14. The van der Waals surface area contributed by atoms with E-state index in [2.05, 4.69) is 34.4 Å². The summed E-state index contributed by atoms with van der Waals surface area (Å²) in [6.07, 6.45) is 9.30. The number of nitrogens with one attached hydrogen (secondary N) is 2. The fourth-order valence-electron chi connectivity index (χ4n) is 4.76. The summed E-state index contributed by atoms with van der Waals surface area (Å²) in [6, 6.07) is -1.31. The van der Waals surface area contributed by atoms with Gasteiger partial charge in [-0.05, 0) is 36.5 Å². The van der Waals surface area contributed by atoms with Gasteiger partial charge < -0.3 is 15.5 Å².